The fraction of sp³-hybridized carbons (Fsp3) is 0.286. The lowest BCUT2D eigenvalue weighted by atomic mass is 10.2. The summed E-state index contributed by atoms with van der Waals surface area (Å²) in [6.07, 6.45) is 0. The van der Waals surface area contributed by atoms with E-state index in [-0.39, 0.29) is 12.0 Å². The number of hydrogen-bond acceptors (Lipinski definition) is 5. The van der Waals surface area contributed by atoms with Gasteiger partial charge in [-0.05, 0) is 24.6 Å². The molecule has 1 aliphatic heterocycles. The topological polar surface area (TPSA) is 81.1 Å². The van der Waals surface area contributed by atoms with Gasteiger partial charge in [-0.2, -0.15) is 4.98 Å². The molecule has 1 aromatic carbocycles. The third-order valence-corrected chi connectivity index (χ3v) is 3.94. The van der Waals surface area contributed by atoms with E-state index in [4.69, 9.17) is 23.1 Å². The summed E-state index contributed by atoms with van der Waals surface area (Å²) in [6.45, 7) is 3.66. The molecule has 2 aromatic rings. The number of nitrogens with two attached hydrogens (primary N) is 2. The minimum Gasteiger partial charge on any atom is -0.383 e. The summed E-state index contributed by atoms with van der Waals surface area (Å²) in [4.78, 5) is 10.6. The van der Waals surface area contributed by atoms with Gasteiger partial charge in [-0.3, -0.25) is 4.90 Å². The molecule has 3 rings (SSSR count). The Labute approximate surface area is 122 Å². The Hall–Kier alpha value is -1.85. The second-order valence-electron chi connectivity index (χ2n) is 5.04. The third kappa shape index (κ3) is 2.30. The van der Waals surface area contributed by atoms with Crippen LogP contribution < -0.4 is 11.5 Å². The minimum atomic E-state index is 0.174. The first-order valence-electron chi connectivity index (χ1n) is 6.45. The van der Waals surface area contributed by atoms with E-state index in [1.54, 1.807) is 0 Å². The summed E-state index contributed by atoms with van der Waals surface area (Å²) in [7, 11) is 0. The van der Waals surface area contributed by atoms with Crippen LogP contribution in [0.4, 0.5) is 11.8 Å². The number of fused-ring (bicyclic) bond motifs is 1. The first kappa shape index (κ1) is 13.1. The number of rotatable bonds is 2. The van der Waals surface area contributed by atoms with Crippen LogP contribution in [0.5, 0.6) is 0 Å². The number of hydrogen-bond donors (Lipinski definition) is 2. The van der Waals surface area contributed by atoms with Gasteiger partial charge in [-0.15, -0.1) is 0 Å². The molecule has 0 radical (unpaired) electrons. The predicted molar refractivity (Wildman–Crippen MR) is 80.0 cm³/mol. The second-order valence-corrected chi connectivity index (χ2v) is 5.47. The van der Waals surface area contributed by atoms with E-state index in [1.165, 1.54) is 5.56 Å². The van der Waals surface area contributed by atoms with Crippen molar-refractivity contribution in [2.24, 2.45) is 0 Å². The minimum absolute atomic E-state index is 0.174. The van der Waals surface area contributed by atoms with E-state index in [1.807, 2.05) is 24.3 Å². The number of nitrogens with zero attached hydrogens (tertiary/aromatic N) is 3. The Morgan fingerprint density at radius 3 is 2.65 bits per heavy atom. The third-order valence-electron chi connectivity index (χ3n) is 3.69. The fourth-order valence-electron chi connectivity index (χ4n) is 2.58. The van der Waals surface area contributed by atoms with Crippen LogP contribution in [0.15, 0.2) is 24.3 Å². The zero-order valence-corrected chi connectivity index (χ0v) is 11.9. The van der Waals surface area contributed by atoms with E-state index >= 15 is 0 Å². The lowest BCUT2D eigenvalue weighted by molar-refractivity contribution is 0.218. The van der Waals surface area contributed by atoms with E-state index in [0.717, 1.165) is 29.4 Å². The van der Waals surface area contributed by atoms with Crippen LogP contribution in [0.2, 0.25) is 5.02 Å². The van der Waals surface area contributed by atoms with Crippen molar-refractivity contribution in [2.75, 3.05) is 11.5 Å². The average molecular weight is 290 g/mol. The highest BCUT2D eigenvalue weighted by Crippen LogP contribution is 2.35. The van der Waals surface area contributed by atoms with Gasteiger partial charge in [0.2, 0.25) is 5.95 Å². The van der Waals surface area contributed by atoms with Crippen molar-refractivity contribution in [3.05, 3.63) is 46.1 Å². The van der Waals surface area contributed by atoms with Crippen LogP contribution in [0.25, 0.3) is 0 Å². The largest absolute Gasteiger partial charge is 0.383 e. The first-order chi connectivity index (χ1) is 9.54. The SMILES string of the molecule is CC1c2nc(N)nc(N)c2CN1Cc1ccc(Cl)cc1. The summed E-state index contributed by atoms with van der Waals surface area (Å²) >= 11 is 5.91. The molecule has 0 fully saturated rings. The molecule has 1 aromatic heterocycles. The van der Waals surface area contributed by atoms with Crippen molar-refractivity contribution in [2.45, 2.75) is 26.1 Å². The average Bonchev–Trinajstić information content (AvgIpc) is 2.71. The van der Waals surface area contributed by atoms with Gasteiger partial charge in [0.25, 0.3) is 0 Å². The number of anilines is 2. The molecule has 2 heterocycles. The summed E-state index contributed by atoms with van der Waals surface area (Å²) in [6, 6.07) is 8.03. The molecule has 0 amide bonds. The molecule has 5 nitrogen and oxygen atoms in total. The van der Waals surface area contributed by atoms with Gasteiger partial charge in [-0.25, -0.2) is 4.98 Å². The monoisotopic (exact) mass is 289 g/mol. The van der Waals surface area contributed by atoms with Crippen LogP contribution in [0, 0.1) is 0 Å². The van der Waals surface area contributed by atoms with Crippen LogP contribution >= 0.6 is 11.6 Å². The Morgan fingerprint density at radius 2 is 1.95 bits per heavy atom. The van der Waals surface area contributed by atoms with E-state index < -0.39 is 0 Å². The van der Waals surface area contributed by atoms with Crippen molar-refractivity contribution >= 4 is 23.4 Å². The van der Waals surface area contributed by atoms with Gasteiger partial charge in [0, 0.05) is 23.7 Å². The van der Waals surface area contributed by atoms with Crippen LogP contribution in [-0.2, 0) is 13.1 Å². The Morgan fingerprint density at radius 1 is 1.25 bits per heavy atom. The molecular weight excluding hydrogens is 274 g/mol. The maximum Gasteiger partial charge on any atom is 0.222 e. The van der Waals surface area contributed by atoms with Crippen molar-refractivity contribution in [1.82, 2.24) is 14.9 Å². The quantitative estimate of drug-likeness (QED) is 0.887. The van der Waals surface area contributed by atoms with Gasteiger partial charge in [-0.1, -0.05) is 23.7 Å². The summed E-state index contributed by atoms with van der Waals surface area (Å²) < 4.78 is 0. The highest BCUT2D eigenvalue weighted by atomic mass is 35.5. The first-order valence-corrected chi connectivity index (χ1v) is 6.82. The lowest BCUT2D eigenvalue weighted by Gasteiger charge is -2.20. The maximum absolute atomic E-state index is 5.94. The van der Waals surface area contributed by atoms with Gasteiger partial charge in [0.05, 0.1) is 11.7 Å². The molecule has 1 aliphatic rings. The molecule has 0 bridgehead atoms. The summed E-state index contributed by atoms with van der Waals surface area (Å²) in [5, 5.41) is 0.745. The van der Waals surface area contributed by atoms with Gasteiger partial charge < -0.3 is 11.5 Å². The zero-order valence-electron chi connectivity index (χ0n) is 11.2. The molecule has 104 valence electrons. The fourth-order valence-corrected chi connectivity index (χ4v) is 2.70. The molecule has 0 aliphatic carbocycles. The van der Waals surface area contributed by atoms with Gasteiger partial charge >= 0.3 is 0 Å². The van der Waals surface area contributed by atoms with Crippen LogP contribution in [0.3, 0.4) is 0 Å². The van der Waals surface area contributed by atoms with Crippen LogP contribution in [-0.4, -0.2) is 14.9 Å². The highest BCUT2D eigenvalue weighted by molar-refractivity contribution is 6.30. The highest BCUT2D eigenvalue weighted by Gasteiger charge is 2.30. The van der Waals surface area contributed by atoms with Crippen molar-refractivity contribution < 1.29 is 0 Å². The summed E-state index contributed by atoms with van der Waals surface area (Å²) in [5.74, 6) is 0.722. The molecule has 6 heteroatoms. The van der Waals surface area contributed by atoms with Crippen LogP contribution in [0.1, 0.15) is 29.8 Å². The Balaban J connectivity index is 1.84. The van der Waals surface area contributed by atoms with Gasteiger partial charge in [0.15, 0.2) is 0 Å². The van der Waals surface area contributed by atoms with Crippen molar-refractivity contribution in [3.63, 3.8) is 0 Å². The second kappa shape index (κ2) is 4.92. The maximum atomic E-state index is 5.94. The number of benzene rings is 1. The Bertz CT molecular complexity index is 641. The zero-order chi connectivity index (χ0) is 14.3. The Kier molecular flexibility index (Phi) is 3.23. The van der Waals surface area contributed by atoms with Crippen molar-refractivity contribution in [1.29, 1.82) is 0 Å². The molecule has 0 saturated carbocycles. The van der Waals surface area contributed by atoms with E-state index in [0.29, 0.717) is 5.82 Å². The lowest BCUT2D eigenvalue weighted by Crippen LogP contribution is -2.19. The molecule has 0 spiro atoms. The van der Waals surface area contributed by atoms with Crippen molar-refractivity contribution in [3.8, 4) is 0 Å². The standard InChI is InChI=1S/C14H16ClN5/c1-8-12-11(13(16)19-14(17)18-12)7-20(8)6-9-2-4-10(15)5-3-9/h2-5,8H,6-7H2,1H3,(H4,16,17,18,19). The number of halogens is 1. The van der Waals surface area contributed by atoms with Gasteiger partial charge in [0.1, 0.15) is 5.82 Å². The molecule has 4 N–H and O–H groups in total. The summed E-state index contributed by atoms with van der Waals surface area (Å²) in [5.41, 5.74) is 14.7. The number of nitrogen functional groups attached to an aromatic ring is 2. The normalized spacial score (nSPS) is 18.2. The molecule has 1 atom stereocenters. The molecular formula is C14H16ClN5. The smallest absolute Gasteiger partial charge is 0.222 e. The molecule has 20 heavy (non-hydrogen) atoms. The van der Waals surface area contributed by atoms with E-state index in [2.05, 4.69) is 21.8 Å². The van der Waals surface area contributed by atoms with E-state index in [9.17, 15) is 0 Å². The number of aromatic nitrogens is 2. The molecule has 1 unspecified atom stereocenters. The molecule has 0 saturated heterocycles. The predicted octanol–water partition coefficient (Wildman–Crippen LogP) is 2.37.